The van der Waals surface area contributed by atoms with Crippen molar-refractivity contribution in [1.29, 1.82) is 0 Å². The Kier molecular flexibility index (Phi) is 4.07. The van der Waals surface area contributed by atoms with Crippen molar-refractivity contribution in [3.8, 4) is 0 Å². The third kappa shape index (κ3) is 2.90. The van der Waals surface area contributed by atoms with Crippen LogP contribution in [-0.2, 0) is 4.79 Å². The van der Waals surface area contributed by atoms with Crippen LogP contribution in [0, 0.1) is 6.92 Å². The second-order valence-electron chi connectivity index (χ2n) is 6.92. The Labute approximate surface area is 152 Å². The molecule has 132 valence electrons. The van der Waals surface area contributed by atoms with Crippen LogP contribution >= 0.6 is 0 Å². The van der Waals surface area contributed by atoms with Gasteiger partial charge < -0.3 is 10.2 Å². The van der Waals surface area contributed by atoms with Gasteiger partial charge in [-0.3, -0.25) is 14.6 Å². The maximum atomic E-state index is 12.8. The molecule has 2 aromatic rings. The lowest BCUT2D eigenvalue weighted by Gasteiger charge is -2.37. The predicted molar refractivity (Wildman–Crippen MR) is 100 cm³/mol. The van der Waals surface area contributed by atoms with E-state index in [9.17, 15) is 9.59 Å². The standard InChI is InChI=1S/C21H21N3O2/c1-15-7-5-6-10-17(15)20(26)24-13-11-21(12-14-24)22-18(19(25)23-21)16-8-3-2-4-9-16/h2-10H,11-14H2,1H3,(H,23,25). The highest BCUT2D eigenvalue weighted by molar-refractivity contribution is 6.46. The van der Waals surface area contributed by atoms with Crippen LogP contribution in [0.5, 0.6) is 0 Å². The van der Waals surface area contributed by atoms with Gasteiger partial charge in [0.05, 0.1) is 0 Å². The van der Waals surface area contributed by atoms with Gasteiger partial charge in [-0.05, 0) is 18.6 Å². The van der Waals surface area contributed by atoms with E-state index in [1.165, 1.54) is 0 Å². The zero-order valence-electron chi connectivity index (χ0n) is 14.7. The van der Waals surface area contributed by atoms with E-state index in [1.54, 1.807) is 0 Å². The summed E-state index contributed by atoms with van der Waals surface area (Å²) in [5.74, 6) is -0.0792. The van der Waals surface area contributed by atoms with E-state index in [0.29, 0.717) is 31.6 Å². The van der Waals surface area contributed by atoms with Gasteiger partial charge in [-0.1, -0.05) is 48.5 Å². The molecule has 0 saturated carbocycles. The molecule has 2 aliphatic rings. The molecule has 1 N–H and O–H groups in total. The minimum atomic E-state index is -0.579. The molecule has 2 amide bonds. The van der Waals surface area contributed by atoms with Crippen LogP contribution in [0.4, 0.5) is 0 Å². The van der Waals surface area contributed by atoms with Gasteiger partial charge in [0.25, 0.3) is 11.8 Å². The van der Waals surface area contributed by atoms with Gasteiger partial charge >= 0.3 is 0 Å². The number of nitrogens with one attached hydrogen (secondary N) is 1. The molecule has 1 spiro atoms. The van der Waals surface area contributed by atoms with Crippen molar-refractivity contribution in [2.24, 2.45) is 4.99 Å². The highest BCUT2D eigenvalue weighted by Gasteiger charge is 2.42. The van der Waals surface area contributed by atoms with E-state index in [2.05, 4.69) is 5.32 Å². The summed E-state index contributed by atoms with van der Waals surface area (Å²) in [4.78, 5) is 31.8. The number of amides is 2. The number of carbonyl (C=O) groups is 2. The molecule has 0 radical (unpaired) electrons. The summed E-state index contributed by atoms with van der Waals surface area (Å²) in [6.45, 7) is 3.12. The molecule has 0 aromatic heterocycles. The van der Waals surface area contributed by atoms with Crippen molar-refractivity contribution < 1.29 is 9.59 Å². The van der Waals surface area contributed by atoms with Crippen LogP contribution in [0.15, 0.2) is 59.6 Å². The van der Waals surface area contributed by atoms with Crippen molar-refractivity contribution in [2.45, 2.75) is 25.4 Å². The fourth-order valence-electron chi connectivity index (χ4n) is 3.65. The van der Waals surface area contributed by atoms with Gasteiger partial charge in [-0.15, -0.1) is 0 Å². The van der Waals surface area contributed by atoms with Crippen LogP contribution in [0.2, 0.25) is 0 Å². The molecule has 5 nitrogen and oxygen atoms in total. The Hall–Kier alpha value is -2.95. The van der Waals surface area contributed by atoms with Gasteiger partial charge in [0, 0.05) is 37.1 Å². The molecule has 26 heavy (non-hydrogen) atoms. The third-order valence-electron chi connectivity index (χ3n) is 5.19. The van der Waals surface area contributed by atoms with E-state index in [1.807, 2.05) is 66.4 Å². The number of aryl methyl sites for hydroxylation is 1. The molecular formula is C21H21N3O2. The molecule has 0 aliphatic carbocycles. The van der Waals surface area contributed by atoms with Crippen molar-refractivity contribution in [1.82, 2.24) is 10.2 Å². The van der Waals surface area contributed by atoms with Gasteiger partial charge in [-0.25, -0.2) is 0 Å². The summed E-state index contributed by atoms with van der Waals surface area (Å²) in [6.07, 6.45) is 1.26. The molecule has 0 atom stereocenters. The molecule has 1 saturated heterocycles. The van der Waals surface area contributed by atoms with Crippen molar-refractivity contribution in [2.75, 3.05) is 13.1 Å². The molecule has 2 aromatic carbocycles. The van der Waals surface area contributed by atoms with Crippen LogP contribution in [0.1, 0.15) is 34.3 Å². The van der Waals surface area contributed by atoms with Crippen molar-refractivity contribution >= 4 is 17.5 Å². The molecule has 1 fully saturated rings. The van der Waals surface area contributed by atoms with Gasteiger partial charge in [-0.2, -0.15) is 0 Å². The third-order valence-corrected chi connectivity index (χ3v) is 5.19. The number of hydrogen-bond donors (Lipinski definition) is 1. The normalized spacial score (nSPS) is 18.6. The Bertz CT molecular complexity index is 881. The van der Waals surface area contributed by atoms with Gasteiger partial charge in [0.15, 0.2) is 0 Å². The fourth-order valence-corrected chi connectivity index (χ4v) is 3.65. The summed E-state index contributed by atoms with van der Waals surface area (Å²) in [5, 5.41) is 3.05. The zero-order chi connectivity index (χ0) is 18.1. The molecule has 2 aliphatic heterocycles. The van der Waals surface area contributed by atoms with E-state index in [0.717, 1.165) is 16.7 Å². The molecule has 4 rings (SSSR count). The fraction of sp³-hybridized carbons (Fsp3) is 0.286. The summed E-state index contributed by atoms with van der Waals surface area (Å²) < 4.78 is 0. The van der Waals surface area contributed by atoms with Gasteiger partial charge in [0.2, 0.25) is 0 Å². The topological polar surface area (TPSA) is 61.8 Å². The summed E-state index contributed by atoms with van der Waals surface area (Å²) in [6, 6.07) is 17.2. The first-order chi connectivity index (χ1) is 12.6. The van der Waals surface area contributed by atoms with Crippen LogP contribution < -0.4 is 5.32 Å². The van der Waals surface area contributed by atoms with E-state index in [4.69, 9.17) is 4.99 Å². The van der Waals surface area contributed by atoms with Gasteiger partial charge in [0.1, 0.15) is 11.4 Å². The average molecular weight is 347 g/mol. The highest BCUT2D eigenvalue weighted by atomic mass is 16.2. The number of likely N-dealkylation sites (tertiary alicyclic amines) is 1. The first kappa shape index (κ1) is 16.5. The lowest BCUT2D eigenvalue weighted by molar-refractivity contribution is -0.115. The second-order valence-corrected chi connectivity index (χ2v) is 6.92. The van der Waals surface area contributed by atoms with Crippen molar-refractivity contribution in [3.63, 3.8) is 0 Å². The minimum absolute atomic E-state index is 0.0505. The smallest absolute Gasteiger partial charge is 0.272 e. The number of aliphatic imine (C=N–C) groups is 1. The van der Waals surface area contributed by atoms with Crippen LogP contribution in [0.3, 0.4) is 0 Å². The Morgan fingerprint density at radius 3 is 2.38 bits per heavy atom. The van der Waals surface area contributed by atoms with Crippen LogP contribution in [-0.4, -0.2) is 41.2 Å². The number of nitrogens with zero attached hydrogens (tertiary/aromatic N) is 2. The molecule has 5 heteroatoms. The molecule has 2 heterocycles. The van der Waals surface area contributed by atoms with Crippen molar-refractivity contribution in [3.05, 3.63) is 71.3 Å². The highest BCUT2D eigenvalue weighted by Crippen LogP contribution is 2.29. The number of benzene rings is 2. The summed E-state index contributed by atoms with van der Waals surface area (Å²) in [5.41, 5.74) is 2.47. The van der Waals surface area contributed by atoms with E-state index >= 15 is 0 Å². The maximum Gasteiger partial charge on any atom is 0.272 e. The van der Waals surface area contributed by atoms with E-state index < -0.39 is 5.66 Å². The lowest BCUT2D eigenvalue weighted by Crippen LogP contribution is -2.52. The summed E-state index contributed by atoms with van der Waals surface area (Å²) >= 11 is 0. The zero-order valence-corrected chi connectivity index (χ0v) is 14.7. The lowest BCUT2D eigenvalue weighted by atomic mass is 9.97. The van der Waals surface area contributed by atoms with Crippen LogP contribution in [0.25, 0.3) is 0 Å². The van der Waals surface area contributed by atoms with E-state index in [-0.39, 0.29) is 11.8 Å². The Morgan fingerprint density at radius 2 is 1.69 bits per heavy atom. The monoisotopic (exact) mass is 347 g/mol. The minimum Gasteiger partial charge on any atom is -0.338 e. The predicted octanol–water partition coefficient (Wildman–Crippen LogP) is 2.55. The largest absolute Gasteiger partial charge is 0.338 e. The summed E-state index contributed by atoms with van der Waals surface area (Å²) in [7, 11) is 0. The maximum absolute atomic E-state index is 12.8. The average Bonchev–Trinajstić information content (AvgIpc) is 2.99. The first-order valence-corrected chi connectivity index (χ1v) is 8.91. The number of rotatable bonds is 2. The first-order valence-electron chi connectivity index (χ1n) is 8.91. The SMILES string of the molecule is Cc1ccccc1C(=O)N1CCC2(CC1)N=C(c1ccccc1)C(=O)N2. The second kappa shape index (κ2) is 6.41. The Morgan fingerprint density at radius 1 is 1.04 bits per heavy atom. The molecular weight excluding hydrogens is 326 g/mol. The number of piperidine rings is 1. The quantitative estimate of drug-likeness (QED) is 0.907. The number of hydrogen-bond acceptors (Lipinski definition) is 3. The Balaban J connectivity index is 1.50. The molecule has 0 unspecified atom stereocenters. The molecule has 0 bridgehead atoms. The number of carbonyl (C=O) groups excluding carboxylic acids is 2.